The molecule has 1 aliphatic carbocycles. The van der Waals surface area contributed by atoms with Crippen molar-refractivity contribution in [3.05, 3.63) is 83.2 Å². The smallest absolute Gasteiger partial charge is 0.303 e. The van der Waals surface area contributed by atoms with Gasteiger partial charge in [0.1, 0.15) is 23.4 Å². The number of aryl methyl sites for hydroxylation is 2. The van der Waals surface area contributed by atoms with Crippen LogP contribution in [-0.2, 0) is 17.6 Å². The highest BCUT2D eigenvalue weighted by atomic mass is 19.1. The minimum atomic E-state index is -0.799. The topological polar surface area (TPSA) is 55.8 Å². The molecule has 1 N–H and O–H groups in total. The average molecular weight is 420 g/mol. The number of carboxylic acids is 1. The molecule has 0 saturated heterocycles. The van der Waals surface area contributed by atoms with Crippen LogP contribution < -0.4 is 9.47 Å². The molecule has 0 saturated carbocycles. The summed E-state index contributed by atoms with van der Waals surface area (Å²) >= 11 is 0. The number of hydrogen-bond donors (Lipinski definition) is 1. The van der Waals surface area contributed by atoms with Gasteiger partial charge in [-0.1, -0.05) is 30.3 Å². The third-order valence-electron chi connectivity index (χ3n) is 5.55. The predicted molar refractivity (Wildman–Crippen MR) is 117 cm³/mol. The minimum absolute atomic E-state index is 0.0477. The first-order chi connectivity index (χ1) is 15.0. The van der Waals surface area contributed by atoms with E-state index in [9.17, 15) is 9.18 Å². The first-order valence-electron chi connectivity index (χ1n) is 10.6. The molecule has 0 aromatic heterocycles. The molecule has 1 atom stereocenters. The van der Waals surface area contributed by atoms with Gasteiger partial charge in [-0.25, -0.2) is 4.39 Å². The van der Waals surface area contributed by atoms with Crippen molar-refractivity contribution in [2.45, 2.75) is 38.7 Å². The van der Waals surface area contributed by atoms with Crippen LogP contribution in [0.5, 0.6) is 11.5 Å². The lowest BCUT2D eigenvalue weighted by molar-refractivity contribution is -0.136. The van der Waals surface area contributed by atoms with Gasteiger partial charge in [0.25, 0.3) is 0 Å². The molecule has 160 valence electrons. The maximum absolute atomic E-state index is 14.4. The van der Waals surface area contributed by atoms with Gasteiger partial charge < -0.3 is 14.6 Å². The number of rotatable bonds is 8. The molecule has 0 amide bonds. The van der Waals surface area contributed by atoms with Gasteiger partial charge in [0.15, 0.2) is 0 Å². The molecule has 3 aromatic rings. The van der Waals surface area contributed by atoms with E-state index in [4.69, 9.17) is 14.6 Å². The molecule has 4 nitrogen and oxygen atoms in total. The highest BCUT2D eigenvalue weighted by Gasteiger charge is 2.25. The number of carboxylic acid groups (broad SMARTS) is 1. The second-order valence-corrected chi connectivity index (χ2v) is 7.67. The maximum Gasteiger partial charge on any atom is 0.303 e. The zero-order chi connectivity index (χ0) is 21.8. The summed E-state index contributed by atoms with van der Waals surface area (Å²) in [6, 6.07) is 18.4. The SMILES string of the molecule is CCOc1ccc(F)c(-c2ccc3c(c2)CCC3Oc2ccc(CCC(=O)O)cc2)c1. The Morgan fingerprint density at radius 2 is 1.84 bits per heavy atom. The van der Waals surface area contributed by atoms with Crippen molar-refractivity contribution >= 4 is 5.97 Å². The molecule has 0 spiro atoms. The number of hydrogen-bond acceptors (Lipinski definition) is 3. The lowest BCUT2D eigenvalue weighted by atomic mass is 9.99. The minimum Gasteiger partial charge on any atom is -0.494 e. The van der Waals surface area contributed by atoms with Crippen LogP contribution in [0.2, 0.25) is 0 Å². The molecule has 0 fully saturated rings. The fraction of sp³-hybridized carbons (Fsp3) is 0.269. The van der Waals surface area contributed by atoms with Crippen LogP contribution in [0.3, 0.4) is 0 Å². The predicted octanol–water partition coefficient (Wildman–Crippen LogP) is 5.97. The van der Waals surface area contributed by atoms with Crippen LogP contribution in [0.4, 0.5) is 4.39 Å². The first kappa shape index (κ1) is 20.9. The maximum atomic E-state index is 14.4. The zero-order valence-electron chi connectivity index (χ0n) is 17.4. The average Bonchev–Trinajstić information content (AvgIpc) is 3.16. The summed E-state index contributed by atoms with van der Waals surface area (Å²) in [6.45, 7) is 2.44. The monoisotopic (exact) mass is 420 g/mol. The zero-order valence-corrected chi connectivity index (χ0v) is 17.4. The van der Waals surface area contributed by atoms with E-state index < -0.39 is 5.97 Å². The van der Waals surface area contributed by atoms with E-state index in [0.29, 0.717) is 24.3 Å². The number of ether oxygens (including phenoxy) is 2. The molecular weight excluding hydrogens is 395 g/mol. The van der Waals surface area contributed by atoms with Crippen LogP contribution in [0.1, 0.15) is 42.6 Å². The third kappa shape index (κ3) is 4.88. The van der Waals surface area contributed by atoms with Gasteiger partial charge in [-0.3, -0.25) is 4.79 Å². The number of aliphatic carboxylic acids is 1. The summed E-state index contributed by atoms with van der Waals surface area (Å²) in [4.78, 5) is 10.7. The van der Waals surface area contributed by atoms with Gasteiger partial charge in [-0.05, 0) is 78.8 Å². The lowest BCUT2D eigenvalue weighted by Crippen LogP contribution is -2.04. The molecule has 1 aliphatic rings. The van der Waals surface area contributed by atoms with Crippen molar-refractivity contribution in [2.75, 3.05) is 6.61 Å². The van der Waals surface area contributed by atoms with Gasteiger partial charge in [0, 0.05) is 12.0 Å². The van der Waals surface area contributed by atoms with E-state index in [0.717, 1.165) is 35.3 Å². The van der Waals surface area contributed by atoms with E-state index in [1.165, 1.54) is 11.6 Å². The van der Waals surface area contributed by atoms with Crippen LogP contribution in [-0.4, -0.2) is 17.7 Å². The Morgan fingerprint density at radius 3 is 2.58 bits per heavy atom. The van der Waals surface area contributed by atoms with Gasteiger partial charge in [0.2, 0.25) is 0 Å². The van der Waals surface area contributed by atoms with Crippen molar-refractivity contribution in [1.82, 2.24) is 0 Å². The molecule has 0 bridgehead atoms. The van der Waals surface area contributed by atoms with Crippen LogP contribution in [0, 0.1) is 5.82 Å². The Labute approximate surface area is 181 Å². The Bertz CT molecular complexity index is 1080. The van der Waals surface area contributed by atoms with E-state index >= 15 is 0 Å². The van der Waals surface area contributed by atoms with Gasteiger partial charge in [-0.15, -0.1) is 0 Å². The fourth-order valence-electron chi connectivity index (χ4n) is 4.00. The van der Waals surface area contributed by atoms with E-state index in [-0.39, 0.29) is 18.3 Å². The molecule has 1 unspecified atom stereocenters. The number of halogens is 1. The van der Waals surface area contributed by atoms with Crippen LogP contribution in [0.25, 0.3) is 11.1 Å². The summed E-state index contributed by atoms with van der Waals surface area (Å²) in [7, 11) is 0. The first-order valence-corrected chi connectivity index (χ1v) is 10.6. The van der Waals surface area contributed by atoms with Gasteiger partial charge >= 0.3 is 5.97 Å². The Morgan fingerprint density at radius 1 is 1.06 bits per heavy atom. The summed E-state index contributed by atoms with van der Waals surface area (Å²) in [5, 5.41) is 8.81. The molecule has 3 aromatic carbocycles. The van der Waals surface area contributed by atoms with Gasteiger partial charge in [-0.2, -0.15) is 0 Å². The highest BCUT2D eigenvalue weighted by Crippen LogP contribution is 2.38. The Hall–Kier alpha value is -3.34. The quantitative estimate of drug-likeness (QED) is 0.487. The summed E-state index contributed by atoms with van der Waals surface area (Å²) in [5.74, 6) is 0.354. The van der Waals surface area contributed by atoms with Crippen LogP contribution in [0.15, 0.2) is 60.7 Å². The molecule has 0 heterocycles. The van der Waals surface area contributed by atoms with Crippen LogP contribution >= 0.6 is 0 Å². The van der Waals surface area contributed by atoms with E-state index in [2.05, 4.69) is 0 Å². The highest BCUT2D eigenvalue weighted by molar-refractivity contribution is 5.68. The van der Waals surface area contributed by atoms with Gasteiger partial charge in [0.05, 0.1) is 6.61 Å². The Balaban J connectivity index is 1.49. The van der Waals surface area contributed by atoms with Crippen molar-refractivity contribution < 1.29 is 23.8 Å². The summed E-state index contributed by atoms with van der Waals surface area (Å²) in [5.41, 5.74) is 4.64. The van der Waals surface area contributed by atoms with Crippen molar-refractivity contribution in [3.63, 3.8) is 0 Å². The Kier molecular flexibility index (Phi) is 6.21. The normalized spacial score (nSPS) is 14.8. The number of fused-ring (bicyclic) bond motifs is 1. The summed E-state index contributed by atoms with van der Waals surface area (Å²) in [6.07, 6.45) is 2.31. The van der Waals surface area contributed by atoms with Crippen molar-refractivity contribution in [1.29, 1.82) is 0 Å². The standard InChI is InChI=1S/C26H25FO4/c1-2-30-21-10-12-24(27)23(16-21)19-6-11-22-18(15-19)7-13-25(22)31-20-8-3-17(4-9-20)5-14-26(28)29/h3-4,6,8-12,15-16,25H,2,5,7,13-14H2,1H3,(H,28,29). The molecular formula is C26H25FO4. The molecule has 5 heteroatoms. The molecule has 0 aliphatic heterocycles. The van der Waals surface area contributed by atoms with Crippen molar-refractivity contribution in [3.8, 4) is 22.6 Å². The lowest BCUT2D eigenvalue weighted by Gasteiger charge is -2.16. The second-order valence-electron chi connectivity index (χ2n) is 7.67. The largest absolute Gasteiger partial charge is 0.494 e. The van der Waals surface area contributed by atoms with E-state index in [1.807, 2.05) is 49.4 Å². The van der Waals surface area contributed by atoms with E-state index in [1.54, 1.807) is 12.1 Å². The third-order valence-corrected chi connectivity index (χ3v) is 5.55. The fourth-order valence-corrected chi connectivity index (χ4v) is 4.00. The number of benzene rings is 3. The molecule has 31 heavy (non-hydrogen) atoms. The molecule has 4 rings (SSSR count). The summed E-state index contributed by atoms with van der Waals surface area (Å²) < 4.78 is 26.1. The number of carbonyl (C=O) groups is 1. The van der Waals surface area contributed by atoms with Crippen molar-refractivity contribution in [2.24, 2.45) is 0 Å². The second kappa shape index (κ2) is 9.21. The molecule has 0 radical (unpaired) electrons.